The van der Waals surface area contributed by atoms with E-state index in [0.29, 0.717) is 5.56 Å². The van der Waals surface area contributed by atoms with Crippen molar-refractivity contribution in [3.8, 4) is 11.5 Å². The molecular weight excluding hydrogens is 317 g/mol. The summed E-state index contributed by atoms with van der Waals surface area (Å²) in [4.78, 5) is 0. The van der Waals surface area contributed by atoms with E-state index in [9.17, 15) is 4.39 Å². The maximum Gasteiger partial charge on any atom is 0.123 e. The zero-order valence-electron chi connectivity index (χ0n) is 14.2. The minimum atomic E-state index is -0.999. The molecular formula is C21H20FNO2. The van der Waals surface area contributed by atoms with E-state index in [4.69, 9.17) is 15.2 Å². The Balaban J connectivity index is 2.18. The first-order valence-electron chi connectivity index (χ1n) is 7.92. The quantitative estimate of drug-likeness (QED) is 0.713. The molecule has 0 radical (unpaired) electrons. The Kier molecular flexibility index (Phi) is 4.72. The first-order valence-corrected chi connectivity index (χ1v) is 7.92. The van der Waals surface area contributed by atoms with Gasteiger partial charge in [-0.1, -0.05) is 36.4 Å². The van der Waals surface area contributed by atoms with Crippen molar-refractivity contribution < 1.29 is 13.9 Å². The van der Waals surface area contributed by atoms with Gasteiger partial charge >= 0.3 is 0 Å². The van der Waals surface area contributed by atoms with Gasteiger partial charge in [-0.2, -0.15) is 0 Å². The van der Waals surface area contributed by atoms with Crippen LogP contribution in [-0.2, 0) is 5.54 Å². The third-order valence-corrected chi connectivity index (χ3v) is 4.37. The predicted octanol–water partition coefficient (Wildman–Crippen LogP) is 4.09. The Morgan fingerprint density at radius 3 is 1.60 bits per heavy atom. The molecule has 0 bridgehead atoms. The number of ether oxygens (including phenoxy) is 2. The lowest BCUT2D eigenvalue weighted by Gasteiger charge is -2.32. The number of halogens is 1. The third-order valence-electron chi connectivity index (χ3n) is 4.37. The summed E-state index contributed by atoms with van der Waals surface area (Å²) in [5.74, 6) is 1.15. The van der Waals surface area contributed by atoms with Crippen molar-refractivity contribution in [2.24, 2.45) is 5.73 Å². The Labute approximate surface area is 146 Å². The Morgan fingerprint density at radius 2 is 1.20 bits per heavy atom. The first kappa shape index (κ1) is 17.0. The van der Waals surface area contributed by atoms with Crippen molar-refractivity contribution in [2.75, 3.05) is 14.2 Å². The molecule has 0 aliphatic rings. The fourth-order valence-electron chi connectivity index (χ4n) is 2.94. The van der Waals surface area contributed by atoms with E-state index in [-0.39, 0.29) is 5.82 Å². The largest absolute Gasteiger partial charge is 0.497 e. The highest BCUT2D eigenvalue weighted by Crippen LogP contribution is 2.36. The molecule has 25 heavy (non-hydrogen) atoms. The second-order valence-corrected chi connectivity index (χ2v) is 5.78. The van der Waals surface area contributed by atoms with E-state index in [1.54, 1.807) is 20.3 Å². The summed E-state index contributed by atoms with van der Waals surface area (Å²) >= 11 is 0. The topological polar surface area (TPSA) is 44.5 Å². The average Bonchev–Trinajstić information content (AvgIpc) is 2.67. The van der Waals surface area contributed by atoms with Crippen molar-refractivity contribution in [1.29, 1.82) is 0 Å². The molecule has 0 aliphatic carbocycles. The predicted molar refractivity (Wildman–Crippen MR) is 96.5 cm³/mol. The molecule has 0 aliphatic heterocycles. The van der Waals surface area contributed by atoms with Gasteiger partial charge in [0.05, 0.1) is 19.8 Å². The minimum absolute atomic E-state index is 0.325. The zero-order valence-corrected chi connectivity index (χ0v) is 14.2. The maximum atomic E-state index is 13.9. The van der Waals surface area contributed by atoms with Crippen LogP contribution in [0.2, 0.25) is 0 Å². The van der Waals surface area contributed by atoms with Crippen LogP contribution in [0.15, 0.2) is 72.8 Å². The molecule has 0 unspecified atom stereocenters. The highest BCUT2D eigenvalue weighted by atomic mass is 19.1. The molecule has 0 fully saturated rings. The number of rotatable bonds is 5. The van der Waals surface area contributed by atoms with Gasteiger partial charge in [0.15, 0.2) is 0 Å². The fraction of sp³-hybridized carbons (Fsp3) is 0.143. The van der Waals surface area contributed by atoms with Gasteiger partial charge < -0.3 is 15.2 Å². The number of benzene rings is 3. The lowest BCUT2D eigenvalue weighted by Crippen LogP contribution is -2.39. The average molecular weight is 337 g/mol. The molecule has 3 aromatic rings. The molecule has 0 amide bonds. The lowest BCUT2D eigenvalue weighted by molar-refractivity contribution is 0.414. The minimum Gasteiger partial charge on any atom is -0.497 e. The molecule has 3 rings (SSSR count). The van der Waals surface area contributed by atoms with Gasteiger partial charge in [0.2, 0.25) is 0 Å². The van der Waals surface area contributed by atoms with Gasteiger partial charge in [-0.15, -0.1) is 0 Å². The summed E-state index contributed by atoms with van der Waals surface area (Å²) < 4.78 is 24.3. The molecule has 0 saturated heterocycles. The van der Waals surface area contributed by atoms with Gasteiger partial charge in [0.1, 0.15) is 17.3 Å². The summed E-state index contributed by atoms with van der Waals surface area (Å²) in [5, 5.41) is 0. The van der Waals surface area contributed by atoms with Crippen molar-refractivity contribution in [3.05, 3.63) is 95.3 Å². The van der Waals surface area contributed by atoms with Crippen molar-refractivity contribution >= 4 is 0 Å². The molecule has 0 saturated carbocycles. The second-order valence-electron chi connectivity index (χ2n) is 5.78. The summed E-state index contributed by atoms with van der Waals surface area (Å²) in [6.45, 7) is 0. The van der Waals surface area contributed by atoms with Crippen LogP contribution in [0, 0.1) is 5.82 Å². The number of nitrogens with two attached hydrogens (primary N) is 1. The zero-order chi connectivity index (χ0) is 17.9. The van der Waals surface area contributed by atoms with Gasteiger partial charge in [-0.25, -0.2) is 4.39 Å². The maximum absolute atomic E-state index is 13.9. The van der Waals surface area contributed by atoms with Crippen molar-refractivity contribution in [2.45, 2.75) is 5.54 Å². The van der Waals surface area contributed by atoms with Gasteiger partial charge in [-0.05, 0) is 53.1 Å². The van der Waals surface area contributed by atoms with E-state index in [1.165, 1.54) is 12.1 Å². The van der Waals surface area contributed by atoms with E-state index >= 15 is 0 Å². The molecule has 3 nitrogen and oxygen atoms in total. The second kappa shape index (κ2) is 6.95. The molecule has 0 heterocycles. The highest BCUT2D eigenvalue weighted by Gasteiger charge is 2.32. The summed E-state index contributed by atoms with van der Waals surface area (Å²) in [5.41, 5.74) is 8.21. The lowest BCUT2D eigenvalue weighted by atomic mass is 9.78. The van der Waals surface area contributed by atoms with E-state index in [2.05, 4.69) is 0 Å². The smallest absolute Gasteiger partial charge is 0.123 e. The van der Waals surface area contributed by atoms with Crippen LogP contribution >= 0.6 is 0 Å². The van der Waals surface area contributed by atoms with Crippen LogP contribution in [0.4, 0.5) is 4.39 Å². The molecule has 128 valence electrons. The summed E-state index contributed by atoms with van der Waals surface area (Å²) in [6, 6.07) is 21.3. The molecule has 0 atom stereocenters. The van der Waals surface area contributed by atoms with Gasteiger partial charge in [0, 0.05) is 0 Å². The number of hydrogen-bond acceptors (Lipinski definition) is 3. The number of hydrogen-bond donors (Lipinski definition) is 1. The van der Waals surface area contributed by atoms with Crippen LogP contribution in [0.25, 0.3) is 0 Å². The standard InChI is InChI=1S/C21H20FNO2/c1-24-19-10-6-15(7-11-19)21(23,17-4-3-5-18(22)14-17)16-8-12-20(25-2)13-9-16/h3-14H,23H2,1-2H3. The van der Waals surface area contributed by atoms with Crippen LogP contribution in [0.5, 0.6) is 11.5 Å². The molecule has 2 N–H and O–H groups in total. The molecule has 3 aromatic carbocycles. The van der Waals surface area contributed by atoms with Crippen molar-refractivity contribution in [1.82, 2.24) is 0 Å². The summed E-state index contributed by atoms with van der Waals surface area (Å²) in [7, 11) is 3.22. The van der Waals surface area contributed by atoms with Crippen LogP contribution in [-0.4, -0.2) is 14.2 Å². The fourth-order valence-corrected chi connectivity index (χ4v) is 2.94. The van der Waals surface area contributed by atoms with Crippen LogP contribution in [0.3, 0.4) is 0 Å². The third kappa shape index (κ3) is 3.21. The normalized spacial score (nSPS) is 11.2. The van der Waals surface area contributed by atoms with Gasteiger partial charge in [0.25, 0.3) is 0 Å². The Morgan fingerprint density at radius 1 is 0.720 bits per heavy atom. The van der Waals surface area contributed by atoms with E-state index in [1.807, 2.05) is 54.6 Å². The molecule has 4 heteroatoms. The van der Waals surface area contributed by atoms with Gasteiger partial charge in [-0.3, -0.25) is 0 Å². The molecule has 0 spiro atoms. The van der Waals surface area contributed by atoms with E-state index < -0.39 is 5.54 Å². The summed E-state index contributed by atoms with van der Waals surface area (Å²) in [6.07, 6.45) is 0. The highest BCUT2D eigenvalue weighted by molar-refractivity contribution is 5.50. The SMILES string of the molecule is COc1ccc(C(N)(c2ccc(OC)cc2)c2cccc(F)c2)cc1. The van der Waals surface area contributed by atoms with E-state index in [0.717, 1.165) is 22.6 Å². The Bertz CT molecular complexity index is 797. The first-order chi connectivity index (χ1) is 12.1. The van der Waals surface area contributed by atoms with Crippen LogP contribution < -0.4 is 15.2 Å². The van der Waals surface area contributed by atoms with Crippen molar-refractivity contribution in [3.63, 3.8) is 0 Å². The van der Waals surface area contributed by atoms with Crippen LogP contribution in [0.1, 0.15) is 16.7 Å². The monoisotopic (exact) mass is 337 g/mol. The number of methoxy groups -OCH3 is 2. The Hall–Kier alpha value is -2.85. The molecule has 0 aromatic heterocycles.